The number of amides is 1. The lowest BCUT2D eigenvalue weighted by atomic mass is 9.93. The van der Waals surface area contributed by atoms with Crippen LogP contribution in [-0.2, 0) is 16.8 Å². The summed E-state index contributed by atoms with van der Waals surface area (Å²) >= 11 is 0. The van der Waals surface area contributed by atoms with Crippen LogP contribution in [0.4, 0.5) is 0 Å². The molecule has 1 aliphatic carbocycles. The number of rotatable bonds is 5. The van der Waals surface area contributed by atoms with Gasteiger partial charge in [-0.05, 0) is 49.1 Å². The number of carbonyl (C=O) groups is 1. The maximum atomic E-state index is 12.9. The molecule has 5 heteroatoms. The van der Waals surface area contributed by atoms with Crippen molar-refractivity contribution < 1.29 is 4.79 Å². The predicted octanol–water partition coefficient (Wildman–Crippen LogP) is 4.08. The molecule has 0 aliphatic heterocycles. The summed E-state index contributed by atoms with van der Waals surface area (Å²) in [5.74, 6) is 0.917. The summed E-state index contributed by atoms with van der Waals surface area (Å²) in [5.41, 5.74) is 4.90. The van der Waals surface area contributed by atoms with Gasteiger partial charge in [0.15, 0.2) is 0 Å². The zero-order valence-corrected chi connectivity index (χ0v) is 16.3. The second-order valence-corrected chi connectivity index (χ2v) is 7.76. The fourth-order valence-electron chi connectivity index (χ4n) is 3.87. The molecule has 0 spiro atoms. The topological polar surface area (TPSA) is 59.8 Å². The Balaban J connectivity index is 1.29. The van der Waals surface area contributed by atoms with Gasteiger partial charge in [-0.1, -0.05) is 48.0 Å². The van der Waals surface area contributed by atoms with Gasteiger partial charge in [-0.15, -0.1) is 0 Å². The minimum atomic E-state index is -0.352. The van der Waals surface area contributed by atoms with Gasteiger partial charge in [0.25, 0.3) is 0 Å². The zero-order chi connectivity index (χ0) is 19.8. The average Bonchev–Trinajstić information content (AvgIpc) is 3.46. The molecule has 1 amide bonds. The van der Waals surface area contributed by atoms with E-state index in [0.29, 0.717) is 6.54 Å². The van der Waals surface area contributed by atoms with E-state index >= 15 is 0 Å². The number of para-hydroxylation sites is 2. The summed E-state index contributed by atoms with van der Waals surface area (Å²) < 4.78 is 1.97. The molecule has 0 radical (unpaired) electrons. The molecule has 5 rings (SSSR count). The molecular formula is C24H22N4O. The first-order chi connectivity index (χ1) is 14.2. The van der Waals surface area contributed by atoms with Gasteiger partial charge in [-0.2, -0.15) is 0 Å². The Bertz CT molecular complexity index is 1190. The third kappa shape index (κ3) is 3.18. The van der Waals surface area contributed by atoms with E-state index in [4.69, 9.17) is 0 Å². The van der Waals surface area contributed by atoms with Crippen molar-refractivity contribution in [3.63, 3.8) is 0 Å². The van der Waals surface area contributed by atoms with Crippen molar-refractivity contribution >= 4 is 16.9 Å². The van der Waals surface area contributed by atoms with Crippen molar-refractivity contribution in [2.75, 3.05) is 0 Å². The maximum absolute atomic E-state index is 12.9. The molecule has 4 aromatic rings. The van der Waals surface area contributed by atoms with Crippen LogP contribution in [0.25, 0.3) is 16.9 Å². The van der Waals surface area contributed by atoms with Gasteiger partial charge >= 0.3 is 0 Å². The van der Waals surface area contributed by atoms with Crippen LogP contribution in [0.15, 0.2) is 73.2 Å². The number of nitrogens with zero attached hydrogens (tertiary/aromatic N) is 3. The summed E-state index contributed by atoms with van der Waals surface area (Å²) in [7, 11) is 0. The standard InChI is InChI=1S/C24H22N4O/c1-17-5-4-6-19(13-17)24(11-12-24)23(29)26-15-18-9-10-22(25-14-18)28-16-27-20-7-2-3-8-21(20)28/h2-10,13-14,16H,11-12,15H2,1H3,(H,26,29). The van der Waals surface area contributed by atoms with Gasteiger partial charge in [0.1, 0.15) is 12.1 Å². The van der Waals surface area contributed by atoms with Crippen LogP contribution in [0.2, 0.25) is 0 Å². The minimum absolute atomic E-state index is 0.104. The highest BCUT2D eigenvalue weighted by Crippen LogP contribution is 2.48. The number of hydrogen-bond acceptors (Lipinski definition) is 3. The smallest absolute Gasteiger partial charge is 0.230 e. The summed E-state index contributed by atoms with van der Waals surface area (Å²) in [6.45, 7) is 2.54. The Kier molecular flexibility index (Phi) is 4.16. The van der Waals surface area contributed by atoms with Crippen LogP contribution in [0.5, 0.6) is 0 Å². The third-order valence-corrected chi connectivity index (χ3v) is 5.72. The molecule has 1 N–H and O–H groups in total. The molecule has 2 aromatic carbocycles. The van der Waals surface area contributed by atoms with Crippen molar-refractivity contribution in [1.82, 2.24) is 19.9 Å². The lowest BCUT2D eigenvalue weighted by molar-refractivity contribution is -0.123. The Labute approximate surface area is 169 Å². The summed E-state index contributed by atoms with van der Waals surface area (Å²) in [4.78, 5) is 21.8. The monoisotopic (exact) mass is 382 g/mol. The summed E-state index contributed by atoms with van der Waals surface area (Å²) in [6, 6.07) is 20.2. The molecule has 0 atom stereocenters. The van der Waals surface area contributed by atoms with Gasteiger partial charge in [-0.25, -0.2) is 9.97 Å². The van der Waals surface area contributed by atoms with E-state index in [-0.39, 0.29) is 11.3 Å². The first-order valence-corrected chi connectivity index (χ1v) is 9.89. The first-order valence-electron chi connectivity index (χ1n) is 9.89. The van der Waals surface area contributed by atoms with Gasteiger partial charge < -0.3 is 5.32 Å². The molecule has 144 valence electrons. The Morgan fingerprint density at radius 2 is 1.93 bits per heavy atom. The van der Waals surface area contributed by atoms with E-state index in [1.54, 1.807) is 6.33 Å². The molecule has 0 unspecified atom stereocenters. The number of hydrogen-bond donors (Lipinski definition) is 1. The van der Waals surface area contributed by atoms with Crippen LogP contribution < -0.4 is 5.32 Å². The SMILES string of the molecule is Cc1cccc(C2(C(=O)NCc3ccc(-n4cnc5ccccc54)nc3)CC2)c1. The summed E-state index contributed by atoms with van der Waals surface area (Å²) in [5, 5.41) is 3.11. The quantitative estimate of drug-likeness (QED) is 0.566. The van der Waals surface area contributed by atoms with Crippen molar-refractivity contribution in [2.24, 2.45) is 0 Å². The maximum Gasteiger partial charge on any atom is 0.230 e. The van der Waals surface area contributed by atoms with Crippen molar-refractivity contribution in [3.8, 4) is 5.82 Å². The Morgan fingerprint density at radius 3 is 2.69 bits per heavy atom. The second kappa shape index (κ2) is 6.85. The first kappa shape index (κ1) is 17.6. The molecule has 0 saturated heterocycles. The van der Waals surface area contributed by atoms with Crippen LogP contribution in [0.1, 0.15) is 29.5 Å². The number of pyridine rings is 1. The highest BCUT2D eigenvalue weighted by molar-refractivity contribution is 5.91. The number of aryl methyl sites for hydroxylation is 1. The minimum Gasteiger partial charge on any atom is -0.351 e. The van der Waals surface area contributed by atoms with Crippen LogP contribution in [0, 0.1) is 6.92 Å². The van der Waals surface area contributed by atoms with E-state index in [2.05, 4.69) is 40.4 Å². The van der Waals surface area contributed by atoms with Gasteiger partial charge in [0, 0.05) is 12.7 Å². The lowest BCUT2D eigenvalue weighted by Crippen LogP contribution is -2.34. The van der Waals surface area contributed by atoms with Crippen molar-refractivity contribution in [1.29, 1.82) is 0 Å². The molecule has 29 heavy (non-hydrogen) atoms. The van der Waals surface area contributed by atoms with E-state index in [1.807, 2.05) is 53.2 Å². The van der Waals surface area contributed by atoms with E-state index < -0.39 is 0 Å². The Morgan fingerprint density at radius 1 is 1.07 bits per heavy atom. The fraction of sp³-hybridized carbons (Fsp3) is 0.208. The third-order valence-electron chi connectivity index (χ3n) is 5.72. The molecular weight excluding hydrogens is 360 g/mol. The predicted molar refractivity (Wildman–Crippen MR) is 113 cm³/mol. The van der Waals surface area contributed by atoms with Crippen molar-refractivity contribution in [2.45, 2.75) is 31.7 Å². The Hall–Kier alpha value is -3.47. The zero-order valence-electron chi connectivity index (χ0n) is 16.3. The number of benzene rings is 2. The number of carbonyl (C=O) groups excluding carboxylic acids is 1. The normalized spacial score (nSPS) is 14.7. The van der Waals surface area contributed by atoms with Crippen LogP contribution >= 0.6 is 0 Å². The molecule has 5 nitrogen and oxygen atoms in total. The van der Waals surface area contributed by atoms with E-state index in [0.717, 1.165) is 40.8 Å². The number of imidazole rings is 1. The fourth-order valence-corrected chi connectivity index (χ4v) is 3.87. The van der Waals surface area contributed by atoms with E-state index in [9.17, 15) is 4.79 Å². The van der Waals surface area contributed by atoms with Gasteiger partial charge in [0.05, 0.1) is 16.4 Å². The van der Waals surface area contributed by atoms with Crippen LogP contribution in [-0.4, -0.2) is 20.4 Å². The number of nitrogens with one attached hydrogen (secondary N) is 1. The molecule has 1 aliphatic rings. The molecule has 0 bridgehead atoms. The van der Waals surface area contributed by atoms with Crippen LogP contribution in [0.3, 0.4) is 0 Å². The average molecular weight is 382 g/mol. The van der Waals surface area contributed by atoms with Gasteiger partial charge in [0.2, 0.25) is 5.91 Å². The van der Waals surface area contributed by atoms with Gasteiger partial charge in [-0.3, -0.25) is 9.36 Å². The highest BCUT2D eigenvalue weighted by atomic mass is 16.2. The second-order valence-electron chi connectivity index (χ2n) is 7.76. The number of aromatic nitrogens is 3. The molecule has 1 fully saturated rings. The van der Waals surface area contributed by atoms with E-state index in [1.165, 1.54) is 5.56 Å². The molecule has 1 saturated carbocycles. The molecule has 2 aromatic heterocycles. The van der Waals surface area contributed by atoms with Crippen molar-refractivity contribution in [3.05, 3.63) is 89.9 Å². The summed E-state index contributed by atoms with van der Waals surface area (Å²) in [6.07, 6.45) is 5.42. The largest absolute Gasteiger partial charge is 0.351 e. The number of fused-ring (bicyclic) bond motifs is 1. The lowest BCUT2D eigenvalue weighted by Gasteiger charge is -2.16. The highest BCUT2D eigenvalue weighted by Gasteiger charge is 2.51. The molecule has 2 heterocycles.